The SMILES string of the molecule is COC1CC(CC(=O)O)N(C(=O)c2oc3ccccc3c2C)C1. The van der Waals surface area contributed by atoms with Crippen molar-refractivity contribution in [1.82, 2.24) is 4.90 Å². The van der Waals surface area contributed by atoms with E-state index in [1.807, 2.05) is 31.2 Å². The summed E-state index contributed by atoms with van der Waals surface area (Å²) in [5.74, 6) is -0.922. The number of methoxy groups -OCH3 is 1. The molecule has 1 aliphatic heterocycles. The molecule has 23 heavy (non-hydrogen) atoms. The van der Waals surface area contributed by atoms with E-state index in [0.29, 0.717) is 18.5 Å². The van der Waals surface area contributed by atoms with E-state index in [1.165, 1.54) is 0 Å². The Hall–Kier alpha value is -2.34. The number of aryl methyl sites for hydroxylation is 1. The first-order chi connectivity index (χ1) is 11.0. The van der Waals surface area contributed by atoms with Crippen LogP contribution in [0.5, 0.6) is 0 Å². The minimum Gasteiger partial charge on any atom is -0.481 e. The standard InChI is InChI=1S/C17H19NO5/c1-10-13-5-3-4-6-14(13)23-16(10)17(21)18-9-12(22-2)7-11(18)8-15(19)20/h3-6,11-12H,7-9H2,1-2H3,(H,19,20). The highest BCUT2D eigenvalue weighted by atomic mass is 16.5. The maximum Gasteiger partial charge on any atom is 0.305 e. The number of rotatable bonds is 4. The van der Waals surface area contributed by atoms with Crippen molar-refractivity contribution in [3.63, 3.8) is 0 Å². The minimum atomic E-state index is -0.925. The minimum absolute atomic E-state index is 0.0924. The van der Waals surface area contributed by atoms with E-state index in [9.17, 15) is 9.59 Å². The van der Waals surface area contributed by atoms with Crippen LogP contribution < -0.4 is 0 Å². The summed E-state index contributed by atoms with van der Waals surface area (Å²) >= 11 is 0. The summed E-state index contributed by atoms with van der Waals surface area (Å²) in [6.07, 6.45) is 0.284. The Morgan fingerprint density at radius 1 is 1.39 bits per heavy atom. The molecule has 1 saturated heterocycles. The van der Waals surface area contributed by atoms with E-state index < -0.39 is 5.97 Å². The molecule has 1 amide bonds. The Kier molecular flexibility index (Phi) is 4.09. The van der Waals surface area contributed by atoms with Crippen molar-refractivity contribution in [3.05, 3.63) is 35.6 Å². The molecule has 2 unspecified atom stereocenters. The number of ether oxygens (including phenoxy) is 1. The fourth-order valence-electron chi connectivity index (χ4n) is 3.20. The van der Waals surface area contributed by atoms with Crippen LogP contribution in [0.3, 0.4) is 0 Å². The van der Waals surface area contributed by atoms with Crippen molar-refractivity contribution in [2.24, 2.45) is 0 Å². The first-order valence-electron chi connectivity index (χ1n) is 7.55. The van der Waals surface area contributed by atoms with E-state index in [4.69, 9.17) is 14.3 Å². The van der Waals surface area contributed by atoms with Gasteiger partial charge in [0, 0.05) is 30.6 Å². The molecule has 3 rings (SSSR count). The fraction of sp³-hybridized carbons (Fsp3) is 0.412. The molecule has 1 aromatic carbocycles. The molecule has 1 N–H and O–H groups in total. The lowest BCUT2D eigenvalue weighted by Gasteiger charge is -2.22. The summed E-state index contributed by atoms with van der Waals surface area (Å²) < 4.78 is 11.0. The van der Waals surface area contributed by atoms with Crippen molar-refractivity contribution in [1.29, 1.82) is 0 Å². The molecule has 0 saturated carbocycles. The number of nitrogens with zero attached hydrogens (tertiary/aromatic N) is 1. The van der Waals surface area contributed by atoms with Crippen LogP contribution in [0, 0.1) is 6.92 Å². The number of amides is 1. The number of likely N-dealkylation sites (tertiary alicyclic amines) is 1. The lowest BCUT2D eigenvalue weighted by atomic mass is 10.1. The lowest BCUT2D eigenvalue weighted by molar-refractivity contribution is -0.138. The van der Waals surface area contributed by atoms with Gasteiger partial charge >= 0.3 is 5.97 Å². The Labute approximate surface area is 133 Å². The predicted molar refractivity (Wildman–Crippen MR) is 83.4 cm³/mol. The Morgan fingerprint density at radius 2 is 2.13 bits per heavy atom. The molecule has 2 atom stereocenters. The number of furan rings is 1. The van der Waals surface area contributed by atoms with E-state index >= 15 is 0 Å². The molecule has 122 valence electrons. The summed E-state index contributed by atoms with van der Waals surface area (Å²) in [5, 5.41) is 9.97. The number of carboxylic acids is 1. The van der Waals surface area contributed by atoms with Crippen LogP contribution in [0.4, 0.5) is 0 Å². The maximum absolute atomic E-state index is 12.9. The summed E-state index contributed by atoms with van der Waals surface area (Å²) in [5.41, 5.74) is 1.44. The number of fused-ring (bicyclic) bond motifs is 1. The van der Waals surface area contributed by atoms with Crippen LogP contribution in [0.1, 0.15) is 29.0 Å². The van der Waals surface area contributed by atoms with Crippen LogP contribution in [0.25, 0.3) is 11.0 Å². The van der Waals surface area contributed by atoms with E-state index in [-0.39, 0.29) is 30.2 Å². The number of benzene rings is 1. The third kappa shape index (κ3) is 2.82. The number of para-hydroxylation sites is 1. The molecular formula is C17H19NO5. The molecule has 0 radical (unpaired) electrons. The monoisotopic (exact) mass is 317 g/mol. The highest BCUT2D eigenvalue weighted by Gasteiger charge is 2.38. The van der Waals surface area contributed by atoms with Crippen LogP contribution >= 0.6 is 0 Å². The summed E-state index contributed by atoms with van der Waals surface area (Å²) in [7, 11) is 1.57. The molecule has 6 nitrogen and oxygen atoms in total. The van der Waals surface area contributed by atoms with Gasteiger partial charge in [-0.2, -0.15) is 0 Å². The van der Waals surface area contributed by atoms with Gasteiger partial charge in [0.2, 0.25) is 0 Å². The number of carboxylic acid groups (broad SMARTS) is 1. The average Bonchev–Trinajstić information content (AvgIpc) is 3.08. The van der Waals surface area contributed by atoms with E-state index in [0.717, 1.165) is 10.9 Å². The summed E-state index contributed by atoms with van der Waals surface area (Å²) in [6.45, 7) is 2.22. The topological polar surface area (TPSA) is 80.0 Å². The van der Waals surface area contributed by atoms with Crippen molar-refractivity contribution in [2.45, 2.75) is 31.9 Å². The van der Waals surface area contributed by atoms with Gasteiger partial charge in [0.1, 0.15) is 5.58 Å². The van der Waals surface area contributed by atoms with E-state index in [1.54, 1.807) is 12.0 Å². The zero-order valence-corrected chi connectivity index (χ0v) is 13.1. The number of hydrogen-bond donors (Lipinski definition) is 1. The van der Waals surface area contributed by atoms with Gasteiger partial charge in [0.25, 0.3) is 5.91 Å². The van der Waals surface area contributed by atoms with Gasteiger partial charge in [-0.25, -0.2) is 0 Å². The van der Waals surface area contributed by atoms with Crippen molar-refractivity contribution in [3.8, 4) is 0 Å². The highest BCUT2D eigenvalue weighted by Crippen LogP contribution is 2.30. The summed E-state index contributed by atoms with van der Waals surface area (Å²) in [4.78, 5) is 25.5. The zero-order valence-electron chi connectivity index (χ0n) is 13.1. The third-order valence-corrected chi connectivity index (χ3v) is 4.42. The number of carbonyl (C=O) groups excluding carboxylic acids is 1. The van der Waals surface area contributed by atoms with Crippen molar-refractivity contribution < 1.29 is 23.8 Å². The molecule has 1 fully saturated rings. The molecule has 2 aromatic rings. The third-order valence-electron chi connectivity index (χ3n) is 4.42. The molecule has 0 bridgehead atoms. The smallest absolute Gasteiger partial charge is 0.305 e. The number of aliphatic carboxylic acids is 1. The van der Waals surface area contributed by atoms with Gasteiger partial charge in [-0.15, -0.1) is 0 Å². The number of hydrogen-bond acceptors (Lipinski definition) is 4. The molecule has 2 heterocycles. The average molecular weight is 317 g/mol. The summed E-state index contributed by atoms with van der Waals surface area (Å²) in [6, 6.07) is 7.09. The highest BCUT2D eigenvalue weighted by molar-refractivity contribution is 5.99. The van der Waals surface area contributed by atoms with Crippen LogP contribution in [-0.4, -0.2) is 47.7 Å². The Morgan fingerprint density at radius 3 is 2.78 bits per heavy atom. The molecule has 6 heteroatoms. The van der Waals surface area contributed by atoms with Crippen molar-refractivity contribution >= 4 is 22.8 Å². The normalized spacial score (nSPS) is 21.0. The van der Waals surface area contributed by atoms with Gasteiger partial charge in [0.05, 0.1) is 12.5 Å². The van der Waals surface area contributed by atoms with Crippen LogP contribution in [0.15, 0.2) is 28.7 Å². The number of carbonyl (C=O) groups is 2. The Bertz CT molecular complexity index is 751. The lowest BCUT2D eigenvalue weighted by Crippen LogP contribution is -2.37. The molecule has 1 aromatic heterocycles. The Balaban J connectivity index is 1.93. The van der Waals surface area contributed by atoms with Gasteiger partial charge in [-0.05, 0) is 19.4 Å². The first kappa shape index (κ1) is 15.6. The second kappa shape index (κ2) is 6.04. The molecule has 0 aliphatic carbocycles. The van der Waals surface area contributed by atoms with Crippen molar-refractivity contribution in [2.75, 3.05) is 13.7 Å². The van der Waals surface area contributed by atoms with Gasteiger partial charge in [-0.3, -0.25) is 9.59 Å². The molecular weight excluding hydrogens is 298 g/mol. The van der Waals surface area contributed by atoms with Gasteiger partial charge in [-0.1, -0.05) is 18.2 Å². The maximum atomic E-state index is 12.9. The van der Waals surface area contributed by atoms with Crippen LogP contribution in [0.2, 0.25) is 0 Å². The van der Waals surface area contributed by atoms with E-state index in [2.05, 4.69) is 0 Å². The quantitative estimate of drug-likeness (QED) is 0.937. The predicted octanol–water partition coefficient (Wildman–Crippen LogP) is 2.45. The largest absolute Gasteiger partial charge is 0.481 e. The second-order valence-corrected chi connectivity index (χ2v) is 5.85. The molecule has 1 aliphatic rings. The first-order valence-corrected chi connectivity index (χ1v) is 7.55. The zero-order chi connectivity index (χ0) is 16.6. The van der Waals surface area contributed by atoms with Crippen LogP contribution in [-0.2, 0) is 9.53 Å². The van der Waals surface area contributed by atoms with Gasteiger partial charge < -0.3 is 19.2 Å². The molecule has 0 spiro atoms. The second-order valence-electron chi connectivity index (χ2n) is 5.85. The fourth-order valence-corrected chi connectivity index (χ4v) is 3.20. The van der Waals surface area contributed by atoms with Gasteiger partial charge in [0.15, 0.2) is 5.76 Å².